The van der Waals surface area contributed by atoms with Gasteiger partial charge in [-0.2, -0.15) is 16.8 Å². The molecule has 158 valence electrons. The van der Waals surface area contributed by atoms with Gasteiger partial charge in [0.1, 0.15) is 0 Å². The van der Waals surface area contributed by atoms with Crippen LogP contribution in [0.15, 0.2) is 0 Å². The maximum Gasteiger partial charge on any atom is 0.269 e. The molecule has 0 aromatic rings. The Labute approximate surface area is 161 Å². The highest BCUT2D eigenvalue weighted by molar-refractivity contribution is 7.88. The van der Waals surface area contributed by atoms with E-state index < -0.39 is 25.5 Å². The second-order valence-corrected chi connectivity index (χ2v) is 10.7. The molecule has 0 fully saturated rings. The van der Waals surface area contributed by atoms with E-state index in [0.717, 1.165) is 33.5 Å². The van der Waals surface area contributed by atoms with Crippen molar-refractivity contribution in [3.05, 3.63) is 0 Å². The average molecular weight is 415 g/mol. The van der Waals surface area contributed by atoms with Crippen molar-refractivity contribution in [3.8, 4) is 0 Å². The summed E-state index contributed by atoms with van der Waals surface area (Å²) in [5.74, 6) is -0.311. The molecule has 0 saturated carbocycles. The molecule has 0 bridgehead atoms. The van der Waals surface area contributed by atoms with Gasteiger partial charge in [0.15, 0.2) is 0 Å². The predicted molar refractivity (Wildman–Crippen MR) is 106 cm³/mol. The molecule has 8 heteroatoms. The summed E-state index contributed by atoms with van der Waals surface area (Å²) in [6, 6.07) is 0. The number of unbranched alkanes of at least 4 members (excludes halogenated alkanes) is 10. The molecular formula is C18H38O6S2. The van der Waals surface area contributed by atoms with Gasteiger partial charge in [0.2, 0.25) is 0 Å². The highest BCUT2D eigenvalue weighted by atomic mass is 32.2. The second kappa shape index (κ2) is 14.8. The summed E-state index contributed by atoms with van der Waals surface area (Å²) in [7, 11) is -5.18. The number of hydrogen-bond acceptors (Lipinski definition) is 6. The van der Waals surface area contributed by atoms with E-state index in [2.05, 4.69) is 15.3 Å². The van der Waals surface area contributed by atoms with Gasteiger partial charge in [-0.1, -0.05) is 77.6 Å². The standard InChI is InChI=1S/C18H38O6S2/c1-4-5-6-7-8-9-10-11-12-13-14-15-18(26(21,22)24-3)16-17-25(19,20)23-2/h18H,4-17H2,1-3H3. The Hall–Kier alpha value is -0.180. The summed E-state index contributed by atoms with van der Waals surface area (Å²) in [6.07, 6.45) is 13.5. The molecule has 0 aromatic heterocycles. The van der Waals surface area contributed by atoms with Gasteiger partial charge >= 0.3 is 0 Å². The minimum absolute atomic E-state index is 0.00407. The van der Waals surface area contributed by atoms with Crippen LogP contribution in [-0.2, 0) is 28.6 Å². The van der Waals surface area contributed by atoms with Crippen LogP contribution in [0.1, 0.15) is 90.4 Å². The Balaban J connectivity index is 3.97. The van der Waals surface area contributed by atoms with Gasteiger partial charge in [0.25, 0.3) is 20.2 Å². The van der Waals surface area contributed by atoms with Crippen LogP contribution in [0.4, 0.5) is 0 Å². The molecule has 0 rings (SSSR count). The first-order valence-electron chi connectivity index (χ1n) is 9.86. The fourth-order valence-electron chi connectivity index (χ4n) is 2.96. The molecule has 0 radical (unpaired) electrons. The maximum absolute atomic E-state index is 12.0. The minimum Gasteiger partial charge on any atom is -0.273 e. The fraction of sp³-hybridized carbons (Fsp3) is 1.00. The Bertz CT molecular complexity index is 528. The summed E-state index contributed by atoms with van der Waals surface area (Å²) >= 11 is 0. The molecule has 0 aliphatic carbocycles. The molecular weight excluding hydrogens is 376 g/mol. The summed E-state index contributed by atoms with van der Waals surface area (Å²) in [5, 5.41) is -0.795. The van der Waals surface area contributed by atoms with Crippen molar-refractivity contribution in [1.82, 2.24) is 0 Å². The van der Waals surface area contributed by atoms with E-state index in [1.165, 1.54) is 51.4 Å². The molecule has 0 amide bonds. The third-order valence-corrected chi connectivity index (χ3v) is 7.71. The van der Waals surface area contributed by atoms with Gasteiger partial charge in [-0.15, -0.1) is 0 Å². The molecule has 0 spiro atoms. The van der Waals surface area contributed by atoms with Crippen LogP contribution in [0.5, 0.6) is 0 Å². The molecule has 1 unspecified atom stereocenters. The largest absolute Gasteiger partial charge is 0.273 e. The van der Waals surface area contributed by atoms with Gasteiger partial charge in [-0.3, -0.25) is 8.37 Å². The fourth-order valence-corrected chi connectivity index (χ4v) is 4.99. The average Bonchev–Trinajstić information content (AvgIpc) is 2.61. The molecule has 0 aromatic carbocycles. The lowest BCUT2D eigenvalue weighted by atomic mass is 10.0. The summed E-state index contributed by atoms with van der Waals surface area (Å²) in [6.45, 7) is 2.22. The predicted octanol–water partition coefficient (Wildman–Crippen LogP) is 4.40. The SMILES string of the molecule is CCCCCCCCCCCCCC(CCS(=O)(=O)OC)S(=O)(=O)OC. The highest BCUT2D eigenvalue weighted by Gasteiger charge is 2.27. The molecule has 26 heavy (non-hydrogen) atoms. The molecule has 0 aliphatic rings. The van der Waals surface area contributed by atoms with Crippen LogP contribution in [0.3, 0.4) is 0 Å². The van der Waals surface area contributed by atoms with Crippen LogP contribution < -0.4 is 0 Å². The van der Waals surface area contributed by atoms with Crippen molar-refractivity contribution in [1.29, 1.82) is 0 Å². The quantitative estimate of drug-likeness (QED) is 0.244. The summed E-state index contributed by atoms with van der Waals surface area (Å²) in [5.41, 5.74) is 0. The third-order valence-electron chi connectivity index (χ3n) is 4.71. The van der Waals surface area contributed by atoms with Crippen molar-refractivity contribution in [2.75, 3.05) is 20.0 Å². The van der Waals surface area contributed by atoms with E-state index in [1.807, 2.05) is 0 Å². The van der Waals surface area contributed by atoms with Crippen molar-refractivity contribution < 1.29 is 25.2 Å². The third kappa shape index (κ3) is 13.1. The topological polar surface area (TPSA) is 86.7 Å². The lowest BCUT2D eigenvalue weighted by Crippen LogP contribution is -2.26. The van der Waals surface area contributed by atoms with Gasteiger partial charge in [0, 0.05) is 0 Å². The zero-order valence-corrected chi connectivity index (χ0v) is 18.4. The molecule has 0 heterocycles. The molecule has 0 saturated heterocycles. The number of rotatable bonds is 18. The van der Waals surface area contributed by atoms with Crippen molar-refractivity contribution in [2.24, 2.45) is 0 Å². The molecule has 0 aliphatic heterocycles. The van der Waals surface area contributed by atoms with Gasteiger partial charge in [-0.05, 0) is 12.8 Å². The summed E-state index contributed by atoms with van der Waals surface area (Å²) < 4.78 is 55.7. The van der Waals surface area contributed by atoms with Crippen LogP contribution in [-0.4, -0.2) is 42.1 Å². The van der Waals surface area contributed by atoms with Crippen LogP contribution in [0.25, 0.3) is 0 Å². The Kier molecular flexibility index (Phi) is 14.7. The van der Waals surface area contributed by atoms with Crippen molar-refractivity contribution >= 4 is 20.2 Å². The van der Waals surface area contributed by atoms with E-state index in [-0.39, 0.29) is 12.2 Å². The Morgan fingerprint density at radius 3 is 1.54 bits per heavy atom. The van der Waals surface area contributed by atoms with Crippen LogP contribution in [0, 0.1) is 0 Å². The smallest absolute Gasteiger partial charge is 0.269 e. The monoisotopic (exact) mass is 414 g/mol. The molecule has 0 N–H and O–H groups in total. The van der Waals surface area contributed by atoms with Gasteiger partial charge in [0.05, 0.1) is 25.2 Å². The van der Waals surface area contributed by atoms with Crippen molar-refractivity contribution in [3.63, 3.8) is 0 Å². The lowest BCUT2D eigenvalue weighted by molar-refractivity contribution is 0.377. The summed E-state index contributed by atoms with van der Waals surface area (Å²) in [4.78, 5) is 0. The highest BCUT2D eigenvalue weighted by Crippen LogP contribution is 2.19. The van der Waals surface area contributed by atoms with Crippen LogP contribution >= 0.6 is 0 Å². The van der Waals surface area contributed by atoms with Crippen LogP contribution in [0.2, 0.25) is 0 Å². The van der Waals surface area contributed by atoms with E-state index in [0.29, 0.717) is 6.42 Å². The van der Waals surface area contributed by atoms with E-state index in [9.17, 15) is 16.8 Å². The zero-order chi connectivity index (χ0) is 19.9. The van der Waals surface area contributed by atoms with Gasteiger partial charge < -0.3 is 0 Å². The van der Waals surface area contributed by atoms with Crippen molar-refractivity contribution in [2.45, 2.75) is 95.6 Å². The lowest BCUT2D eigenvalue weighted by Gasteiger charge is -2.15. The first kappa shape index (κ1) is 25.8. The van der Waals surface area contributed by atoms with E-state index >= 15 is 0 Å². The second-order valence-electron chi connectivity index (χ2n) is 6.82. The zero-order valence-electron chi connectivity index (χ0n) is 16.7. The van der Waals surface area contributed by atoms with Gasteiger partial charge in [-0.25, -0.2) is 0 Å². The Morgan fingerprint density at radius 2 is 1.12 bits per heavy atom. The first-order chi connectivity index (χ1) is 12.3. The maximum atomic E-state index is 12.0. The first-order valence-corrected chi connectivity index (χ1v) is 12.9. The number of hydrogen-bond donors (Lipinski definition) is 0. The minimum atomic E-state index is -3.72. The molecule has 6 nitrogen and oxygen atoms in total. The molecule has 1 atom stereocenters. The normalized spacial score (nSPS) is 13.8. The van der Waals surface area contributed by atoms with E-state index in [1.54, 1.807) is 0 Å². The Morgan fingerprint density at radius 1 is 0.654 bits per heavy atom. The van der Waals surface area contributed by atoms with E-state index in [4.69, 9.17) is 0 Å².